The third-order valence-corrected chi connectivity index (χ3v) is 4.15. The summed E-state index contributed by atoms with van der Waals surface area (Å²) in [6, 6.07) is 12.5. The van der Waals surface area contributed by atoms with Gasteiger partial charge in [0.25, 0.3) is 0 Å². The van der Waals surface area contributed by atoms with Crippen LogP contribution in [-0.2, 0) is 6.42 Å². The monoisotopic (exact) mass is 299 g/mol. The van der Waals surface area contributed by atoms with Crippen LogP contribution in [0.4, 0.5) is 0 Å². The third-order valence-electron chi connectivity index (χ3n) is 4.15. The van der Waals surface area contributed by atoms with Crippen LogP contribution >= 0.6 is 0 Å². The van der Waals surface area contributed by atoms with Gasteiger partial charge in [-0.15, -0.1) is 0 Å². The fourth-order valence-electron chi connectivity index (χ4n) is 2.98. The maximum absolute atomic E-state index is 5.45. The Morgan fingerprint density at radius 2 is 1.59 bits per heavy atom. The molecule has 0 radical (unpaired) electrons. The summed E-state index contributed by atoms with van der Waals surface area (Å²) in [6.07, 6.45) is 0.988. The van der Waals surface area contributed by atoms with Crippen LogP contribution in [0.1, 0.15) is 22.7 Å². The summed E-state index contributed by atoms with van der Waals surface area (Å²) in [6.45, 7) is 0.944. The van der Waals surface area contributed by atoms with E-state index >= 15 is 0 Å². The topological polar surface area (TPSA) is 39.7 Å². The Kier molecular flexibility index (Phi) is 4.20. The summed E-state index contributed by atoms with van der Waals surface area (Å²) in [4.78, 5) is 0. The fraction of sp³-hybridized carbons (Fsp3) is 0.333. The van der Waals surface area contributed by atoms with E-state index in [4.69, 9.17) is 14.2 Å². The second-order valence-electron chi connectivity index (χ2n) is 5.32. The zero-order valence-corrected chi connectivity index (χ0v) is 13.2. The number of hydrogen-bond acceptors (Lipinski definition) is 4. The Morgan fingerprint density at radius 3 is 2.23 bits per heavy atom. The van der Waals surface area contributed by atoms with Crippen molar-refractivity contribution in [3.63, 3.8) is 0 Å². The number of methoxy groups -OCH3 is 3. The summed E-state index contributed by atoms with van der Waals surface area (Å²) in [5.74, 6) is 2.42. The highest BCUT2D eigenvalue weighted by atomic mass is 16.5. The minimum absolute atomic E-state index is 0.162. The van der Waals surface area contributed by atoms with Gasteiger partial charge in [0.2, 0.25) is 0 Å². The Morgan fingerprint density at radius 1 is 0.909 bits per heavy atom. The van der Waals surface area contributed by atoms with Gasteiger partial charge in [-0.05, 0) is 47.4 Å². The van der Waals surface area contributed by atoms with Crippen LogP contribution in [0.25, 0.3) is 0 Å². The van der Waals surface area contributed by atoms with E-state index in [0.29, 0.717) is 0 Å². The molecule has 1 N–H and O–H groups in total. The molecule has 0 unspecified atom stereocenters. The number of hydrogen-bond donors (Lipinski definition) is 1. The highest BCUT2D eigenvalue weighted by Crippen LogP contribution is 2.37. The lowest BCUT2D eigenvalue weighted by molar-refractivity contribution is 0.353. The van der Waals surface area contributed by atoms with Crippen molar-refractivity contribution in [2.45, 2.75) is 12.5 Å². The van der Waals surface area contributed by atoms with Gasteiger partial charge < -0.3 is 19.5 Å². The van der Waals surface area contributed by atoms with Crippen molar-refractivity contribution >= 4 is 0 Å². The molecule has 4 nitrogen and oxygen atoms in total. The summed E-state index contributed by atoms with van der Waals surface area (Å²) in [7, 11) is 5.02. The third kappa shape index (κ3) is 2.62. The number of fused-ring (bicyclic) bond motifs is 1. The average molecular weight is 299 g/mol. The molecule has 0 aromatic heterocycles. The molecule has 1 atom stereocenters. The molecule has 0 amide bonds. The molecule has 0 spiro atoms. The standard InChI is InChI=1S/C18H21NO3/c1-20-14-6-4-12(5-7-14)18-15-11-17(22-3)16(21-2)10-13(15)8-9-19-18/h4-7,10-11,18-19H,8-9H2,1-3H3/t18-/m0/s1. The maximum Gasteiger partial charge on any atom is 0.161 e. The fourth-order valence-corrected chi connectivity index (χ4v) is 2.98. The van der Waals surface area contributed by atoms with Gasteiger partial charge in [-0.1, -0.05) is 12.1 Å². The number of ether oxygens (including phenoxy) is 3. The molecule has 3 rings (SSSR count). The number of nitrogens with one attached hydrogen (secondary N) is 1. The Bertz CT molecular complexity index is 652. The van der Waals surface area contributed by atoms with Crippen LogP contribution in [0.3, 0.4) is 0 Å². The minimum Gasteiger partial charge on any atom is -0.497 e. The van der Waals surface area contributed by atoms with Gasteiger partial charge in [-0.3, -0.25) is 0 Å². The number of benzene rings is 2. The van der Waals surface area contributed by atoms with Gasteiger partial charge >= 0.3 is 0 Å². The van der Waals surface area contributed by atoms with Gasteiger partial charge in [0.15, 0.2) is 11.5 Å². The smallest absolute Gasteiger partial charge is 0.161 e. The van der Waals surface area contributed by atoms with E-state index in [0.717, 1.165) is 30.2 Å². The van der Waals surface area contributed by atoms with Crippen LogP contribution in [0.15, 0.2) is 36.4 Å². The van der Waals surface area contributed by atoms with Crippen molar-refractivity contribution in [3.8, 4) is 17.2 Å². The number of rotatable bonds is 4. The molecule has 2 aromatic rings. The predicted octanol–water partition coefficient (Wildman–Crippen LogP) is 2.95. The van der Waals surface area contributed by atoms with Crippen molar-refractivity contribution in [2.24, 2.45) is 0 Å². The summed E-state index contributed by atoms with van der Waals surface area (Å²) in [5, 5.41) is 3.58. The van der Waals surface area contributed by atoms with Crippen LogP contribution < -0.4 is 19.5 Å². The highest BCUT2D eigenvalue weighted by molar-refractivity contribution is 5.51. The van der Waals surface area contributed by atoms with Crippen LogP contribution in [0, 0.1) is 0 Å². The van der Waals surface area contributed by atoms with Crippen molar-refractivity contribution < 1.29 is 14.2 Å². The Hall–Kier alpha value is -2.20. The molecular formula is C18H21NO3. The molecule has 1 heterocycles. The van der Waals surface area contributed by atoms with Gasteiger partial charge in [0, 0.05) is 6.54 Å². The van der Waals surface area contributed by atoms with Crippen molar-refractivity contribution in [3.05, 3.63) is 53.1 Å². The van der Waals surface area contributed by atoms with E-state index in [2.05, 4.69) is 29.6 Å². The van der Waals surface area contributed by atoms with Crippen LogP contribution in [0.2, 0.25) is 0 Å². The van der Waals surface area contributed by atoms with Gasteiger partial charge in [0.05, 0.1) is 27.4 Å². The second-order valence-corrected chi connectivity index (χ2v) is 5.32. The summed E-state index contributed by atoms with van der Waals surface area (Å²) >= 11 is 0. The summed E-state index contributed by atoms with van der Waals surface area (Å²) < 4.78 is 16.1. The van der Waals surface area contributed by atoms with E-state index in [1.54, 1.807) is 21.3 Å². The largest absolute Gasteiger partial charge is 0.497 e. The molecule has 0 bridgehead atoms. The zero-order valence-electron chi connectivity index (χ0n) is 13.2. The minimum atomic E-state index is 0.162. The van der Waals surface area contributed by atoms with Crippen molar-refractivity contribution in [2.75, 3.05) is 27.9 Å². The quantitative estimate of drug-likeness (QED) is 0.942. The van der Waals surface area contributed by atoms with Gasteiger partial charge in [-0.2, -0.15) is 0 Å². The first-order valence-corrected chi connectivity index (χ1v) is 7.39. The molecule has 0 saturated carbocycles. The molecule has 116 valence electrons. The lowest BCUT2D eigenvalue weighted by atomic mass is 9.89. The first-order chi connectivity index (χ1) is 10.8. The lowest BCUT2D eigenvalue weighted by Gasteiger charge is -2.28. The molecule has 1 aliphatic heterocycles. The lowest BCUT2D eigenvalue weighted by Crippen LogP contribution is -2.30. The molecular weight excluding hydrogens is 278 g/mol. The first kappa shape index (κ1) is 14.7. The molecule has 0 saturated heterocycles. The SMILES string of the molecule is COc1ccc([C@@H]2NCCc3cc(OC)c(OC)cc32)cc1. The van der Waals surface area contributed by atoms with E-state index in [-0.39, 0.29) is 6.04 Å². The van der Waals surface area contributed by atoms with E-state index < -0.39 is 0 Å². The summed E-state index contributed by atoms with van der Waals surface area (Å²) in [5.41, 5.74) is 3.76. The predicted molar refractivity (Wildman–Crippen MR) is 86.1 cm³/mol. The average Bonchev–Trinajstić information content (AvgIpc) is 2.60. The van der Waals surface area contributed by atoms with Crippen LogP contribution in [0.5, 0.6) is 17.2 Å². The molecule has 1 aliphatic rings. The first-order valence-electron chi connectivity index (χ1n) is 7.39. The molecule has 22 heavy (non-hydrogen) atoms. The molecule has 0 aliphatic carbocycles. The molecule has 4 heteroatoms. The molecule has 0 fully saturated rings. The zero-order chi connectivity index (χ0) is 15.5. The second kappa shape index (κ2) is 6.28. The van der Waals surface area contributed by atoms with E-state index in [1.165, 1.54) is 16.7 Å². The maximum atomic E-state index is 5.45. The van der Waals surface area contributed by atoms with Crippen LogP contribution in [-0.4, -0.2) is 27.9 Å². The Balaban J connectivity index is 2.02. The highest BCUT2D eigenvalue weighted by Gasteiger charge is 2.23. The van der Waals surface area contributed by atoms with E-state index in [9.17, 15) is 0 Å². The van der Waals surface area contributed by atoms with Gasteiger partial charge in [0.1, 0.15) is 5.75 Å². The van der Waals surface area contributed by atoms with Crippen molar-refractivity contribution in [1.29, 1.82) is 0 Å². The van der Waals surface area contributed by atoms with E-state index in [1.807, 2.05) is 12.1 Å². The molecule has 2 aromatic carbocycles. The Labute approximate surface area is 131 Å². The van der Waals surface area contributed by atoms with Crippen molar-refractivity contribution in [1.82, 2.24) is 5.32 Å². The van der Waals surface area contributed by atoms with Gasteiger partial charge in [-0.25, -0.2) is 0 Å². The normalized spacial score (nSPS) is 16.8.